The highest BCUT2D eigenvalue weighted by molar-refractivity contribution is 5.73. The van der Waals surface area contributed by atoms with Crippen LogP contribution < -0.4 is 0 Å². The van der Waals surface area contributed by atoms with E-state index in [0.717, 1.165) is 56.2 Å². The Morgan fingerprint density at radius 2 is 1.89 bits per heavy atom. The molecule has 0 bridgehead atoms. The summed E-state index contributed by atoms with van der Waals surface area (Å²) in [5, 5.41) is 4.41. The van der Waals surface area contributed by atoms with Crippen molar-refractivity contribution in [3.05, 3.63) is 47.3 Å². The van der Waals surface area contributed by atoms with E-state index in [-0.39, 0.29) is 5.91 Å². The molecule has 1 aliphatic rings. The molecule has 0 radical (unpaired) electrons. The molecule has 1 aliphatic heterocycles. The van der Waals surface area contributed by atoms with Crippen LogP contribution in [0.1, 0.15) is 18.3 Å². The Hall–Kier alpha value is -2.32. The smallest absolute Gasteiger partial charge is 0.219 e. The monoisotopic (exact) mass is 378 g/mol. The number of hydrogen-bond donors (Lipinski definition) is 0. The molecule has 0 unspecified atom stereocenters. The fourth-order valence-corrected chi connectivity index (χ4v) is 3.14. The summed E-state index contributed by atoms with van der Waals surface area (Å²) in [5.41, 5.74) is 2.03. The lowest BCUT2D eigenvalue weighted by Gasteiger charge is -2.34. The van der Waals surface area contributed by atoms with E-state index < -0.39 is 11.6 Å². The van der Waals surface area contributed by atoms with Gasteiger partial charge >= 0.3 is 0 Å². The third-order valence-corrected chi connectivity index (χ3v) is 4.71. The van der Waals surface area contributed by atoms with Crippen LogP contribution in [0.4, 0.5) is 8.78 Å². The van der Waals surface area contributed by atoms with Gasteiger partial charge in [0, 0.05) is 51.4 Å². The van der Waals surface area contributed by atoms with Gasteiger partial charge in [0.1, 0.15) is 0 Å². The molecule has 1 saturated heterocycles. The van der Waals surface area contributed by atoms with Crippen molar-refractivity contribution in [1.82, 2.24) is 19.6 Å². The van der Waals surface area contributed by atoms with Crippen LogP contribution in [0.5, 0.6) is 0 Å². The first-order chi connectivity index (χ1) is 12.9. The quantitative estimate of drug-likeness (QED) is 0.723. The minimum absolute atomic E-state index is 0.123. The Morgan fingerprint density at radius 1 is 1.15 bits per heavy atom. The van der Waals surface area contributed by atoms with Crippen molar-refractivity contribution >= 4 is 5.91 Å². The van der Waals surface area contributed by atoms with Gasteiger partial charge in [-0.05, 0) is 25.1 Å². The van der Waals surface area contributed by atoms with Gasteiger partial charge in [-0.25, -0.2) is 13.5 Å². The molecule has 1 fully saturated rings. The number of benzene rings is 1. The van der Waals surface area contributed by atoms with Gasteiger partial charge in [0.05, 0.1) is 24.6 Å². The van der Waals surface area contributed by atoms with Gasteiger partial charge in [-0.1, -0.05) is 0 Å². The molecule has 146 valence electrons. The van der Waals surface area contributed by atoms with Gasteiger partial charge in [0.15, 0.2) is 11.6 Å². The number of aryl methyl sites for hydroxylation is 1. The van der Waals surface area contributed by atoms with E-state index in [0.29, 0.717) is 18.9 Å². The van der Waals surface area contributed by atoms with Crippen LogP contribution in [0, 0.1) is 18.6 Å². The molecule has 0 atom stereocenters. The number of hydrogen-bond acceptors (Lipinski definition) is 4. The highest BCUT2D eigenvalue weighted by Crippen LogP contribution is 2.16. The minimum Gasteiger partial charge on any atom is -0.374 e. The maximum atomic E-state index is 13.4. The van der Waals surface area contributed by atoms with Gasteiger partial charge < -0.3 is 9.64 Å². The van der Waals surface area contributed by atoms with E-state index in [2.05, 4.69) is 10.00 Å². The molecule has 0 saturated carbocycles. The zero-order valence-electron chi connectivity index (χ0n) is 15.6. The van der Waals surface area contributed by atoms with Crippen molar-refractivity contribution in [2.75, 3.05) is 39.3 Å². The predicted octanol–water partition coefficient (Wildman–Crippen LogP) is 2.14. The third-order valence-electron chi connectivity index (χ3n) is 4.71. The second-order valence-corrected chi connectivity index (χ2v) is 6.69. The molecule has 2 heterocycles. The van der Waals surface area contributed by atoms with Gasteiger partial charge in [0.2, 0.25) is 5.91 Å². The molecule has 3 rings (SSSR count). The summed E-state index contributed by atoms with van der Waals surface area (Å²) in [6.45, 7) is 8.39. The van der Waals surface area contributed by atoms with Crippen molar-refractivity contribution in [1.29, 1.82) is 0 Å². The van der Waals surface area contributed by atoms with Crippen molar-refractivity contribution in [3.63, 3.8) is 0 Å². The largest absolute Gasteiger partial charge is 0.374 e. The Kier molecular flexibility index (Phi) is 6.18. The van der Waals surface area contributed by atoms with Crippen molar-refractivity contribution in [2.24, 2.45) is 0 Å². The summed E-state index contributed by atoms with van der Waals surface area (Å²) in [4.78, 5) is 15.4. The summed E-state index contributed by atoms with van der Waals surface area (Å²) >= 11 is 0. The number of nitrogens with zero attached hydrogens (tertiary/aromatic N) is 4. The average Bonchev–Trinajstić information content (AvgIpc) is 3.02. The summed E-state index contributed by atoms with van der Waals surface area (Å²) in [5.74, 6) is -1.65. The van der Waals surface area contributed by atoms with Gasteiger partial charge in [-0.3, -0.25) is 9.69 Å². The molecule has 1 aromatic carbocycles. The molecule has 1 aromatic heterocycles. The second-order valence-electron chi connectivity index (χ2n) is 6.69. The summed E-state index contributed by atoms with van der Waals surface area (Å²) in [7, 11) is 0. The van der Waals surface area contributed by atoms with Crippen LogP contribution in [-0.4, -0.2) is 64.8 Å². The Morgan fingerprint density at radius 3 is 2.56 bits per heavy atom. The molecule has 8 heteroatoms. The second kappa shape index (κ2) is 8.58. The van der Waals surface area contributed by atoms with Gasteiger partial charge in [-0.15, -0.1) is 0 Å². The maximum absolute atomic E-state index is 13.4. The van der Waals surface area contributed by atoms with Crippen molar-refractivity contribution in [2.45, 2.75) is 20.5 Å². The number of amides is 1. The van der Waals surface area contributed by atoms with Crippen molar-refractivity contribution in [3.8, 4) is 5.69 Å². The molecule has 1 amide bonds. The molecule has 0 N–H and O–H groups in total. The van der Waals surface area contributed by atoms with Gasteiger partial charge in [0.25, 0.3) is 0 Å². The fraction of sp³-hybridized carbons (Fsp3) is 0.474. The first-order valence-corrected chi connectivity index (χ1v) is 9.00. The van der Waals surface area contributed by atoms with Gasteiger partial charge in [-0.2, -0.15) is 5.10 Å². The number of aromatic nitrogens is 2. The lowest BCUT2D eigenvalue weighted by atomic mass is 10.3. The lowest BCUT2D eigenvalue weighted by Crippen LogP contribution is -2.48. The zero-order valence-corrected chi connectivity index (χ0v) is 15.6. The highest BCUT2D eigenvalue weighted by Gasteiger charge is 2.18. The van der Waals surface area contributed by atoms with E-state index >= 15 is 0 Å². The standard InChI is InChI=1S/C19H24F2N4O2/c1-14-11-16(22-25(14)17-3-4-18(20)19(21)12-17)13-27-10-9-23-5-7-24(8-6-23)15(2)26/h3-4,11-12H,5-10,13H2,1-2H3. The number of halogens is 2. The highest BCUT2D eigenvalue weighted by atomic mass is 19.2. The number of rotatable bonds is 6. The summed E-state index contributed by atoms with van der Waals surface area (Å²) in [6, 6.07) is 5.57. The van der Waals surface area contributed by atoms with Crippen LogP contribution in [0.2, 0.25) is 0 Å². The molecule has 2 aromatic rings. The predicted molar refractivity (Wildman–Crippen MR) is 96.6 cm³/mol. The topological polar surface area (TPSA) is 50.6 Å². The molecule has 0 aliphatic carbocycles. The number of carbonyl (C=O) groups excluding carboxylic acids is 1. The SMILES string of the molecule is CC(=O)N1CCN(CCOCc2cc(C)n(-c3ccc(F)c(F)c3)n2)CC1. The van der Waals surface area contributed by atoms with E-state index in [1.807, 2.05) is 17.9 Å². The fourth-order valence-electron chi connectivity index (χ4n) is 3.14. The molecule has 27 heavy (non-hydrogen) atoms. The van der Waals surface area contributed by atoms with E-state index in [4.69, 9.17) is 4.74 Å². The molecule has 6 nitrogen and oxygen atoms in total. The average molecular weight is 378 g/mol. The van der Waals surface area contributed by atoms with Crippen LogP contribution in [0.3, 0.4) is 0 Å². The van der Waals surface area contributed by atoms with Crippen LogP contribution in [0.25, 0.3) is 5.69 Å². The molecular formula is C19H24F2N4O2. The zero-order chi connectivity index (χ0) is 19.4. The summed E-state index contributed by atoms with van der Waals surface area (Å²) in [6.07, 6.45) is 0. The third kappa shape index (κ3) is 4.90. The first-order valence-electron chi connectivity index (χ1n) is 9.00. The molecular weight excluding hydrogens is 354 g/mol. The van der Waals surface area contributed by atoms with Crippen LogP contribution in [0.15, 0.2) is 24.3 Å². The van der Waals surface area contributed by atoms with Crippen LogP contribution in [-0.2, 0) is 16.1 Å². The number of ether oxygens (including phenoxy) is 1. The Labute approximate surface area is 157 Å². The van der Waals surface area contributed by atoms with E-state index in [1.54, 1.807) is 11.6 Å². The van der Waals surface area contributed by atoms with Crippen molar-refractivity contribution < 1.29 is 18.3 Å². The summed E-state index contributed by atoms with van der Waals surface area (Å²) < 4.78 is 33.8. The Bertz CT molecular complexity index is 801. The minimum atomic E-state index is -0.898. The Balaban J connectivity index is 1.47. The number of piperazine rings is 1. The van der Waals surface area contributed by atoms with E-state index in [9.17, 15) is 13.6 Å². The maximum Gasteiger partial charge on any atom is 0.219 e. The van der Waals surface area contributed by atoms with E-state index in [1.165, 1.54) is 6.07 Å². The van der Waals surface area contributed by atoms with Crippen LogP contribution >= 0.6 is 0 Å². The first kappa shape index (κ1) is 19.4. The number of carbonyl (C=O) groups is 1. The molecule has 0 spiro atoms. The lowest BCUT2D eigenvalue weighted by molar-refractivity contribution is -0.130. The normalized spacial score (nSPS) is 15.3.